The fourth-order valence-electron chi connectivity index (χ4n) is 2.73. The number of hydrogen-bond acceptors (Lipinski definition) is 5. The Morgan fingerprint density at radius 3 is 3.00 bits per heavy atom. The number of aliphatic hydroxyl groups is 2. The van der Waals surface area contributed by atoms with E-state index in [-0.39, 0.29) is 17.8 Å². The van der Waals surface area contributed by atoms with Crippen molar-refractivity contribution >= 4 is 11.7 Å². The van der Waals surface area contributed by atoms with Crippen LogP contribution in [0.15, 0.2) is 5.16 Å². The average Bonchev–Trinajstić information content (AvgIpc) is 2.63. The van der Waals surface area contributed by atoms with Crippen LogP contribution in [-0.2, 0) is 9.63 Å². The van der Waals surface area contributed by atoms with Crippen molar-refractivity contribution in [1.82, 2.24) is 0 Å². The molecule has 6 heteroatoms. The number of carbonyl (C=O) groups is 1. The minimum atomic E-state index is -1.06. The minimum Gasteiger partial charge on any atom is -0.479 e. The lowest BCUT2D eigenvalue weighted by molar-refractivity contribution is -0.142. The summed E-state index contributed by atoms with van der Waals surface area (Å²) in [5.41, 5.74) is 0.802. The van der Waals surface area contributed by atoms with Crippen LogP contribution in [-0.4, -0.2) is 45.8 Å². The molecule has 5 atom stereocenters. The van der Waals surface area contributed by atoms with Crippen molar-refractivity contribution in [3.05, 3.63) is 0 Å². The highest BCUT2D eigenvalue weighted by molar-refractivity contribution is 5.93. The molecule has 2 aliphatic carbocycles. The van der Waals surface area contributed by atoms with Gasteiger partial charge in [-0.15, -0.1) is 0 Å². The molecule has 2 fully saturated rings. The van der Waals surface area contributed by atoms with Crippen molar-refractivity contribution in [1.29, 1.82) is 0 Å². The SMILES string of the molecule is CCC(O)C#CC1CC2C(=NOCC(=O)O)CC2C1O. The Kier molecular flexibility index (Phi) is 4.63. The maximum atomic E-state index is 10.3. The number of fused-ring (bicyclic) bond motifs is 1. The molecule has 0 aliphatic heterocycles. The van der Waals surface area contributed by atoms with Gasteiger partial charge >= 0.3 is 5.97 Å². The second kappa shape index (κ2) is 6.25. The van der Waals surface area contributed by atoms with Crippen molar-refractivity contribution in [3.8, 4) is 11.8 Å². The molecule has 0 saturated heterocycles. The third-order valence-corrected chi connectivity index (χ3v) is 3.94. The second-order valence-corrected chi connectivity index (χ2v) is 5.27. The van der Waals surface area contributed by atoms with Crippen LogP contribution in [0.3, 0.4) is 0 Å². The summed E-state index contributed by atoms with van der Waals surface area (Å²) in [5.74, 6) is 4.71. The number of carboxylic acids is 1. The van der Waals surface area contributed by atoms with Crippen LogP contribution in [0.4, 0.5) is 0 Å². The molecule has 0 bridgehead atoms. The number of aliphatic carboxylic acids is 1. The van der Waals surface area contributed by atoms with E-state index in [0.29, 0.717) is 19.3 Å². The summed E-state index contributed by atoms with van der Waals surface area (Å²) >= 11 is 0. The molecule has 0 aromatic carbocycles. The predicted molar refractivity (Wildman–Crippen MR) is 70.8 cm³/mol. The lowest BCUT2D eigenvalue weighted by atomic mass is 9.73. The monoisotopic (exact) mass is 281 g/mol. The van der Waals surface area contributed by atoms with Gasteiger partial charge in [0.25, 0.3) is 0 Å². The number of aliphatic hydroxyl groups excluding tert-OH is 2. The molecule has 5 unspecified atom stereocenters. The quantitative estimate of drug-likeness (QED) is 0.506. The van der Waals surface area contributed by atoms with Gasteiger partial charge in [-0.3, -0.25) is 0 Å². The molecule has 0 heterocycles. The van der Waals surface area contributed by atoms with Crippen molar-refractivity contribution in [2.45, 2.75) is 38.4 Å². The Morgan fingerprint density at radius 2 is 2.35 bits per heavy atom. The van der Waals surface area contributed by atoms with Crippen molar-refractivity contribution in [3.63, 3.8) is 0 Å². The van der Waals surface area contributed by atoms with Gasteiger partial charge in [-0.25, -0.2) is 4.79 Å². The smallest absolute Gasteiger partial charge is 0.344 e. The van der Waals surface area contributed by atoms with Crippen molar-refractivity contribution in [2.75, 3.05) is 6.61 Å². The molecule has 2 saturated carbocycles. The maximum Gasteiger partial charge on any atom is 0.344 e. The normalized spacial score (nSPS) is 34.6. The first kappa shape index (κ1) is 14.8. The number of carboxylic acid groups (broad SMARTS) is 1. The van der Waals surface area contributed by atoms with E-state index >= 15 is 0 Å². The zero-order valence-electron chi connectivity index (χ0n) is 11.3. The van der Waals surface area contributed by atoms with Gasteiger partial charge in [0.1, 0.15) is 6.10 Å². The molecule has 0 aromatic rings. The van der Waals surface area contributed by atoms with Crippen LogP contribution < -0.4 is 0 Å². The van der Waals surface area contributed by atoms with Crippen LogP contribution in [0.5, 0.6) is 0 Å². The lowest BCUT2D eigenvalue weighted by Gasteiger charge is -2.33. The molecule has 2 rings (SSSR count). The van der Waals surface area contributed by atoms with Gasteiger partial charge in [0, 0.05) is 11.8 Å². The Balaban J connectivity index is 1.91. The number of oxime groups is 1. The summed E-state index contributed by atoms with van der Waals surface area (Å²) in [6, 6.07) is 0. The van der Waals surface area contributed by atoms with Crippen LogP contribution in [0.1, 0.15) is 26.2 Å². The number of nitrogens with zero attached hydrogens (tertiary/aromatic N) is 1. The third kappa shape index (κ3) is 3.11. The van der Waals surface area contributed by atoms with Gasteiger partial charge in [-0.1, -0.05) is 23.9 Å². The Morgan fingerprint density at radius 1 is 1.60 bits per heavy atom. The molecule has 0 radical (unpaired) electrons. The van der Waals surface area contributed by atoms with Crippen molar-refractivity contribution in [2.24, 2.45) is 22.9 Å². The molecule has 0 spiro atoms. The van der Waals surface area contributed by atoms with Gasteiger partial charge in [0.15, 0.2) is 0 Å². The van der Waals surface area contributed by atoms with E-state index in [1.54, 1.807) is 0 Å². The zero-order chi connectivity index (χ0) is 14.7. The Bertz CT molecular complexity index is 464. The van der Waals surface area contributed by atoms with Gasteiger partial charge in [-0.05, 0) is 25.2 Å². The Hall–Kier alpha value is -1.58. The Labute approximate surface area is 117 Å². The average molecular weight is 281 g/mol. The van der Waals surface area contributed by atoms with Crippen LogP contribution in [0.25, 0.3) is 0 Å². The molecule has 6 nitrogen and oxygen atoms in total. The fraction of sp³-hybridized carbons (Fsp3) is 0.714. The van der Waals surface area contributed by atoms with Crippen molar-refractivity contribution < 1.29 is 25.0 Å². The van der Waals surface area contributed by atoms with E-state index in [4.69, 9.17) is 9.94 Å². The van der Waals surface area contributed by atoms with Gasteiger partial charge < -0.3 is 20.2 Å². The molecule has 20 heavy (non-hydrogen) atoms. The first-order valence-electron chi connectivity index (χ1n) is 6.80. The molecule has 3 N–H and O–H groups in total. The highest BCUT2D eigenvalue weighted by atomic mass is 16.6. The van der Waals surface area contributed by atoms with E-state index in [1.165, 1.54) is 0 Å². The highest BCUT2D eigenvalue weighted by Gasteiger charge is 2.51. The largest absolute Gasteiger partial charge is 0.479 e. The predicted octanol–water partition coefficient (Wildman–Crippen LogP) is 0.235. The standard InChI is InChI=1S/C14H19NO5/c1-2-9(16)4-3-8-5-10-11(14(8)19)6-12(10)15-20-7-13(17)18/h8-11,14,16,19H,2,5-7H2,1H3,(H,17,18). The number of rotatable bonds is 4. The fourth-order valence-corrected chi connectivity index (χ4v) is 2.73. The van der Waals surface area contributed by atoms with E-state index in [1.807, 2.05) is 6.92 Å². The maximum absolute atomic E-state index is 10.3. The van der Waals surface area contributed by atoms with E-state index in [0.717, 1.165) is 5.71 Å². The third-order valence-electron chi connectivity index (χ3n) is 3.94. The summed E-state index contributed by atoms with van der Waals surface area (Å²) in [5, 5.41) is 31.8. The van der Waals surface area contributed by atoms with E-state index < -0.39 is 24.8 Å². The molecular weight excluding hydrogens is 262 g/mol. The van der Waals surface area contributed by atoms with Crippen LogP contribution >= 0.6 is 0 Å². The van der Waals surface area contributed by atoms with Crippen LogP contribution in [0.2, 0.25) is 0 Å². The molecular formula is C14H19NO5. The summed E-state index contributed by atoms with van der Waals surface area (Å²) in [6.07, 6.45) is 0.727. The molecule has 2 aliphatic rings. The summed E-state index contributed by atoms with van der Waals surface area (Å²) in [4.78, 5) is 15.0. The summed E-state index contributed by atoms with van der Waals surface area (Å²) in [6.45, 7) is 1.40. The topological polar surface area (TPSA) is 99.4 Å². The molecule has 0 aromatic heterocycles. The summed E-state index contributed by atoms with van der Waals surface area (Å²) < 4.78 is 0. The highest BCUT2D eigenvalue weighted by Crippen LogP contribution is 2.47. The lowest BCUT2D eigenvalue weighted by Crippen LogP contribution is -2.38. The first-order valence-corrected chi connectivity index (χ1v) is 6.80. The molecule has 110 valence electrons. The minimum absolute atomic E-state index is 0.122. The molecule has 0 amide bonds. The van der Waals surface area contributed by atoms with E-state index in [2.05, 4.69) is 17.0 Å². The second-order valence-electron chi connectivity index (χ2n) is 5.27. The van der Waals surface area contributed by atoms with E-state index in [9.17, 15) is 15.0 Å². The van der Waals surface area contributed by atoms with Crippen LogP contribution in [0, 0.1) is 29.6 Å². The first-order chi connectivity index (χ1) is 9.52. The summed E-state index contributed by atoms with van der Waals surface area (Å²) in [7, 11) is 0. The van der Waals surface area contributed by atoms with Gasteiger partial charge in [0.05, 0.1) is 11.8 Å². The van der Waals surface area contributed by atoms with Gasteiger partial charge in [-0.2, -0.15) is 0 Å². The van der Waals surface area contributed by atoms with Gasteiger partial charge in [0.2, 0.25) is 6.61 Å². The zero-order valence-corrected chi connectivity index (χ0v) is 11.3. The number of hydrogen-bond donors (Lipinski definition) is 3.